The molecule has 0 fully saturated rings. The van der Waals surface area contributed by atoms with Crippen LogP contribution in [0.15, 0.2) is 35.2 Å². The fourth-order valence-electron chi connectivity index (χ4n) is 2.23. The number of hydrogen-bond acceptors (Lipinski definition) is 4. The van der Waals surface area contributed by atoms with E-state index >= 15 is 0 Å². The van der Waals surface area contributed by atoms with Gasteiger partial charge in [0.2, 0.25) is 0 Å². The molecule has 1 heterocycles. The van der Waals surface area contributed by atoms with Gasteiger partial charge in [-0.1, -0.05) is 0 Å². The first kappa shape index (κ1) is 15.5. The standard InChI is InChI=1S/C15H13F2NO4S/c1-9-6-13-14(22-5-4-21-13)8-15(9)23(19,20)18-10-2-3-11(16)12(17)7-10/h2-3,6-8,18H,4-5H2,1H3. The van der Waals surface area contributed by atoms with Gasteiger partial charge in [0.05, 0.1) is 10.6 Å². The topological polar surface area (TPSA) is 64.6 Å². The van der Waals surface area contributed by atoms with Gasteiger partial charge in [-0.25, -0.2) is 17.2 Å². The maximum Gasteiger partial charge on any atom is 0.262 e. The zero-order valence-electron chi connectivity index (χ0n) is 12.1. The van der Waals surface area contributed by atoms with Crippen molar-refractivity contribution in [2.45, 2.75) is 11.8 Å². The number of sulfonamides is 1. The molecule has 0 spiro atoms. The van der Waals surface area contributed by atoms with Crippen LogP contribution in [0.3, 0.4) is 0 Å². The number of anilines is 1. The molecule has 0 aliphatic carbocycles. The van der Waals surface area contributed by atoms with E-state index in [1.165, 1.54) is 6.07 Å². The zero-order chi connectivity index (χ0) is 16.6. The van der Waals surface area contributed by atoms with Crippen LogP contribution in [0, 0.1) is 18.6 Å². The minimum absolute atomic E-state index is 0.0218. The third-order valence-electron chi connectivity index (χ3n) is 3.30. The number of hydrogen-bond donors (Lipinski definition) is 1. The monoisotopic (exact) mass is 341 g/mol. The highest BCUT2D eigenvalue weighted by Gasteiger charge is 2.22. The second kappa shape index (κ2) is 5.69. The van der Waals surface area contributed by atoms with Gasteiger partial charge in [-0.15, -0.1) is 0 Å². The summed E-state index contributed by atoms with van der Waals surface area (Å²) in [4.78, 5) is -0.0218. The first-order valence-corrected chi connectivity index (χ1v) is 8.23. The smallest absolute Gasteiger partial charge is 0.262 e. The van der Waals surface area contributed by atoms with Gasteiger partial charge in [-0.05, 0) is 30.7 Å². The van der Waals surface area contributed by atoms with Crippen LogP contribution < -0.4 is 14.2 Å². The van der Waals surface area contributed by atoms with E-state index in [0.717, 1.165) is 18.2 Å². The lowest BCUT2D eigenvalue weighted by Gasteiger charge is -2.20. The highest BCUT2D eigenvalue weighted by Crippen LogP contribution is 2.35. The van der Waals surface area contributed by atoms with E-state index in [1.54, 1.807) is 13.0 Å². The summed E-state index contributed by atoms with van der Waals surface area (Å²) in [7, 11) is -3.98. The van der Waals surface area contributed by atoms with Crippen molar-refractivity contribution in [3.05, 3.63) is 47.5 Å². The molecule has 8 heteroatoms. The third-order valence-corrected chi connectivity index (χ3v) is 4.82. The summed E-state index contributed by atoms with van der Waals surface area (Å²) in [6.45, 7) is 2.33. The van der Waals surface area contributed by atoms with E-state index in [9.17, 15) is 17.2 Å². The van der Waals surface area contributed by atoms with E-state index in [0.29, 0.717) is 30.3 Å². The van der Waals surface area contributed by atoms with Gasteiger partial charge in [-0.3, -0.25) is 4.72 Å². The molecule has 0 atom stereocenters. The predicted molar refractivity (Wildman–Crippen MR) is 79.3 cm³/mol. The van der Waals surface area contributed by atoms with Crippen molar-refractivity contribution in [3.8, 4) is 11.5 Å². The van der Waals surface area contributed by atoms with Gasteiger partial charge in [0.1, 0.15) is 13.2 Å². The van der Waals surface area contributed by atoms with Crippen LogP contribution in [0.5, 0.6) is 11.5 Å². The third kappa shape index (κ3) is 3.07. The average Bonchev–Trinajstić information content (AvgIpc) is 2.50. The van der Waals surface area contributed by atoms with E-state index in [-0.39, 0.29) is 10.6 Å². The molecule has 0 radical (unpaired) electrons. The van der Waals surface area contributed by atoms with Crippen molar-refractivity contribution >= 4 is 15.7 Å². The van der Waals surface area contributed by atoms with Gasteiger partial charge >= 0.3 is 0 Å². The molecular weight excluding hydrogens is 328 g/mol. The van der Waals surface area contributed by atoms with E-state index in [1.807, 2.05) is 0 Å². The Morgan fingerprint density at radius 3 is 2.30 bits per heavy atom. The average molecular weight is 341 g/mol. The van der Waals surface area contributed by atoms with Gasteiger partial charge < -0.3 is 9.47 Å². The molecule has 2 aromatic carbocycles. The predicted octanol–water partition coefficient (Wildman–Crippen LogP) is 2.85. The molecule has 0 saturated heterocycles. The molecule has 0 unspecified atom stereocenters. The maximum absolute atomic E-state index is 13.2. The molecule has 1 aliphatic rings. The molecule has 1 aliphatic heterocycles. The molecule has 0 amide bonds. The lowest BCUT2D eigenvalue weighted by atomic mass is 10.2. The number of fused-ring (bicyclic) bond motifs is 1. The van der Waals surface area contributed by atoms with Gasteiger partial charge in [0, 0.05) is 12.1 Å². The Morgan fingerprint density at radius 1 is 1.00 bits per heavy atom. The van der Waals surface area contributed by atoms with Crippen LogP contribution in [-0.2, 0) is 10.0 Å². The molecule has 2 aromatic rings. The van der Waals surface area contributed by atoms with Crippen LogP contribution >= 0.6 is 0 Å². The summed E-state index contributed by atoms with van der Waals surface area (Å²) < 4.78 is 64.1. The SMILES string of the molecule is Cc1cc2c(cc1S(=O)(=O)Nc1ccc(F)c(F)c1)OCCO2. The van der Waals surface area contributed by atoms with E-state index in [2.05, 4.69) is 4.72 Å². The normalized spacial score (nSPS) is 13.7. The van der Waals surface area contributed by atoms with Crippen molar-refractivity contribution in [2.75, 3.05) is 17.9 Å². The van der Waals surface area contributed by atoms with E-state index < -0.39 is 21.7 Å². The summed E-state index contributed by atoms with van der Waals surface area (Å²) >= 11 is 0. The fraction of sp³-hybridized carbons (Fsp3) is 0.200. The summed E-state index contributed by atoms with van der Waals surface area (Å²) in [6.07, 6.45) is 0. The Balaban J connectivity index is 1.97. The molecule has 23 heavy (non-hydrogen) atoms. The highest BCUT2D eigenvalue weighted by atomic mass is 32.2. The van der Waals surface area contributed by atoms with Crippen molar-refractivity contribution in [1.82, 2.24) is 0 Å². The molecule has 1 N–H and O–H groups in total. The number of ether oxygens (including phenoxy) is 2. The molecule has 3 rings (SSSR count). The summed E-state index contributed by atoms with van der Waals surface area (Å²) in [5.74, 6) is -1.39. The van der Waals surface area contributed by atoms with Gasteiger partial charge in [-0.2, -0.15) is 0 Å². The Bertz CT molecular complexity index is 868. The van der Waals surface area contributed by atoms with Crippen molar-refractivity contribution in [2.24, 2.45) is 0 Å². The fourth-order valence-corrected chi connectivity index (χ4v) is 3.52. The van der Waals surface area contributed by atoms with Crippen molar-refractivity contribution < 1.29 is 26.7 Å². The Morgan fingerprint density at radius 2 is 1.65 bits per heavy atom. The van der Waals surface area contributed by atoms with Crippen LogP contribution in [0.25, 0.3) is 0 Å². The van der Waals surface area contributed by atoms with Gasteiger partial charge in [0.25, 0.3) is 10.0 Å². The second-order valence-corrected chi connectivity index (χ2v) is 6.65. The van der Waals surface area contributed by atoms with Gasteiger partial charge in [0.15, 0.2) is 23.1 Å². The second-order valence-electron chi connectivity index (χ2n) is 5.00. The minimum Gasteiger partial charge on any atom is -0.486 e. The summed E-state index contributed by atoms with van der Waals surface area (Å²) in [6, 6.07) is 5.69. The summed E-state index contributed by atoms with van der Waals surface area (Å²) in [5, 5.41) is 0. The number of halogens is 2. The Labute approximate surface area is 131 Å². The minimum atomic E-state index is -3.98. The lowest BCUT2D eigenvalue weighted by molar-refractivity contribution is 0.171. The van der Waals surface area contributed by atoms with Crippen LogP contribution in [0.2, 0.25) is 0 Å². The molecule has 0 bridgehead atoms. The van der Waals surface area contributed by atoms with Crippen LogP contribution in [-0.4, -0.2) is 21.6 Å². The molecule has 0 saturated carbocycles. The Kier molecular flexibility index (Phi) is 3.85. The molecule has 5 nitrogen and oxygen atoms in total. The van der Waals surface area contributed by atoms with E-state index in [4.69, 9.17) is 9.47 Å². The highest BCUT2D eigenvalue weighted by molar-refractivity contribution is 7.92. The van der Waals surface area contributed by atoms with Crippen molar-refractivity contribution in [1.29, 1.82) is 0 Å². The first-order chi connectivity index (χ1) is 10.9. The summed E-state index contributed by atoms with van der Waals surface area (Å²) in [5.41, 5.74) is 0.377. The first-order valence-electron chi connectivity index (χ1n) is 6.75. The van der Waals surface area contributed by atoms with Crippen molar-refractivity contribution in [3.63, 3.8) is 0 Å². The zero-order valence-corrected chi connectivity index (χ0v) is 12.9. The molecule has 0 aromatic heterocycles. The largest absolute Gasteiger partial charge is 0.486 e. The quantitative estimate of drug-likeness (QED) is 0.932. The molecule has 122 valence electrons. The number of nitrogens with one attached hydrogen (secondary N) is 1. The maximum atomic E-state index is 13.2. The van der Waals surface area contributed by atoms with Crippen LogP contribution in [0.4, 0.5) is 14.5 Å². The number of aryl methyl sites for hydroxylation is 1. The lowest BCUT2D eigenvalue weighted by Crippen LogP contribution is -2.18. The number of rotatable bonds is 3. The van der Waals surface area contributed by atoms with Crippen LogP contribution in [0.1, 0.15) is 5.56 Å². The molecular formula is C15H13F2NO4S. The number of benzene rings is 2. The Hall–Kier alpha value is -2.35.